The molecule has 1 saturated carbocycles. The van der Waals surface area contributed by atoms with E-state index in [1.165, 1.54) is 25.7 Å². The molecule has 3 N–H and O–H groups in total. The molecule has 2 atom stereocenters. The molecular formula is C10H19N3O. The largest absolute Gasteiger partial charge is 0.460 e. The summed E-state index contributed by atoms with van der Waals surface area (Å²) >= 11 is 0. The van der Waals surface area contributed by atoms with Gasteiger partial charge in [-0.25, -0.2) is 4.99 Å². The molecule has 1 aliphatic carbocycles. The SMILES string of the molecule is NCCCN=C1NC2CCCCC2O1. The lowest BCUT2D eigenvalue weighted by atomic mass is 9.93. The van der Waals surface area contributed by atoms with E-state index in [1.54, 1.807) is 0 Å². The number of ether oxygens (including phenoxy) is 1. The molecule has 0 aromatic heterocycles. The van der Waals surface area contributed by atoms with E-state index < -0.39 is 0 Å². The van der Waals surface area contributed by atoms with Crippen LogP contribution in [0.4, 0.5) is 0 Å². The molecule has 2 fully saturated rings. The molecule has 14 heavy (non-hydrogen) atoms. The van der Waals surface area contributed by atoms with Crippen molar-refractivity contribution in [1.29, 1.82) is 0 Å². The van der Waals surface area contributed by atoms with Gasteiger partial charge in [0.1, 0.15) is 6.10 Å². The van der Waals surface area contributed by atoms with E-state index in [9.17, 15) is 0 Å². The Hall–Kier alpha value is -0.770. The highest BCUT2D eigenvalue weighted by molar-refractivity contribution is 5.76. The van der Waals surface area contributed by atoms with Crippen LogP contribution in [-0.4, -0.2) is 31.3 Å². The zero-order valence-corrected chi connectivity index (χ0v) is 8.54. The standard InChI is InChI=1S/C10H19N3O/c11-6-3-7-12-10-13-8-4-1-2-5-9(8)14-10/h8-9H,1-7,11H2,(H,12,13). The second-order valence-corrected chi connectivity index (χ2v) is 4.02. The van der Waals surface area contributed by atoms with Gasteiger partial charge in [-0.15, -0.1) is 0 Å². The minimum absolute atomic E-state index is 0.375. The quantitative estimate of drug-likeness (QED) is 0.652. The lowest BCUT2D eigenvalue weighted by Gasteiger charge is -2.21. The van der Waals surface area contributed by atoms with Crippen LogP contribution in [0.3, 0.4) is 0 Å². The molecule has 2 unspecified atom stereocenters. The van der Waals surface area contributed by atoms with Gasteiger partial charge in [0.2, 0.25) is 0 Å². The van der Waals surface area contributed by atoms with Crippen molar-refractivity contribution >= 4 is 6.02 Å². The molecule has 1 saturated heterocycles. The van der Waals surface area contributed by atoms with Crippen LogP contribution < -0.4 is 11.1 Å². The Kier molecular flexibility index (Phi) is 3.24. The molecule has 1 aliphatic heterocycles. The number of nitrogens with one attached hydrogen (secondary N) is 1. The van der Waals surface area contributed by atoms with Gasteiger partial charge < -0.3 is 15.8 Å². The third-order valence-electron chi connectivity index (χ3n) is 2.89. The highest BCUT2D eigenvalue weighted by atomic mass is 16.5. The third kappa shape index (κ3) is 2.18. The predicted molar refractivity (Wildman–Crippen MR) is 56.2 cm³/mol. The molecule has 0 aromatic rings. The predicted octanol–water partition coefficient (Wildman–Crippen LogP) is 0.622. The minimum atomic E-state index is 0.375. The lowest BCUT2D eigenvalue weighted by Crippen LogP contribution is -2.34. The first-order valence-electron chi connectivity index (χ1n) is 5.58. The van der Waals surface area contributed by atoms with Gasteiger partial charge >= 0.3 is 0 Å². The Morgan fingerprint density at radius 3 is 3.07 bits per heavy atom. The molecule has 80 valence electrons. The number of hydrogen-bond acceptors (Lipinski definition) is 3. The van der Waals surface area contributed by atoms with Crippen LogP contribution in [0.2, 0.25) is 0 Å². The number of amidine groups is 1. The Bertz CT molecular complexity index is 201. The number of rotatable bonds is 3. The fraction of sp³-hybridized carbons (Fsp3) is 0.900. The minimum Gasteiger partial charge on any atom is -0.460 e. The summed E-state index contributed by atoms with van der Waals surface area (Å²) in [5.74, 6) is 0. The van der Waals surface area contributed by atoms with Gasteiger partial charge in [-0.2, -0.15) is 0 Å². The highest BCUT2D eigenvalue weighted by Gasteiger charge is 2.34. The average Bonchev–Trinajstić information content (AvgIpc) is 2.60. The second-order valence-electron chi connectivity index (χ2n) is 4.02. The molecule has 0 spiro atoms. The van der Waals surface area contributed by atoms with Crippen molar-refractivity contribution in [2.45, 2.75) is 44.2 Å². The molecular weight excluding hydrogens is 178 g/mol. The Morgan fingerprint density at radius 1 is 1.43 bits per heavy atom. The van der Waals surface area contributed by atoms with Gasteiger partial charge in [-0.3, -0.25) is 0 Å². The lowest BCUT2D eigenvalue weighted by molar-refractivity contribution is 0.159. The van der Waals surface area contributed by atoms with Crippen molar-refractivity contribution in [2.75, 3.05) is 13.1 Å². The van der Waals surface area contributed by atoms with E-state index >= 15 is 0 Å². The molecule has 4 nitrogen and oxygen atoms in total. The van der Waals surface area contributed by atoms with Crippen LogP contribution in [0.25, 0.3) is 0 Å². The van der Waals surface area contributed by atoms with Crippen molar-refractivity contribution in [1.82, 2.24) is 5.32 Å². The van der Waals surface area contributed by atoms with Crippen LogP contribution in [0, 0.1) is 0 Å². The Morgan fingerprint density at radius 2 is 2.29 bits per heavy atom. The number of fused-ring (bicyclic) bond motifs is 1. The van der Waals surface area contributed by atoms with Crippen molar-refractivity contribution in [3.05, 3.63) is 0 Å². The zero-order chi connectivity index (χ0) is 9.80. The molecule has 0 bridgehead atoms. The Balaban J connectivity index is 1.83. The van der Waals surface area contributed by atoms with E-state index in [0.29, 0.717) is 18.7 Å². The summed E-state index contributed by atoms with van der Waals surface area (Å²) in [6.45, 7) is 1.47. The normalized spacial score (nSPS) is 33.6. The summed E-state index contributed by atoms with van der Waals surface area (Å²) in [6.07, 6.45) is 6.31. The molecule has 1 heterocycles. The van der Waals surface area contributed by atoms with Gasteiger partial charge in [0.15, 0.2) is 0 Å². The summed E-state index contributed by atoms with van der Waals surface area (Å²) in [6, 6.07) is 1.26. The van der Waals surface area contributed by atoms with Crippen molar-refractivity contribution in [3.63, 3.8) is 0 Å². The Labute approximate surface area is 84.9 Å². The molecule has 2 rings (SSSR count). The number of nitrogens with two attached hydrogens (primary N) is 1. The molecule has 0 radical (unpaired) electrons. The highest BCUT2D eigenvalue weighted by Crippen LogP contribution is 2.25. The summed E-state index contributed by atoms with van der Waals surface area (Å²) in [7, 11) is 0. The number of hydrogen-bond donors (Lipinski definition) is 2. The summed E-state index contributed by atoms with van der Waals surface area (Å²) in [5, 5.41) is 3.34. The van der Waals surface area contributed by atoms with Gasteiger partial charge in [-0.1, -0.05) is 6.42 Å². The van der Waals surface area contributed by atoms with Crippen LogP contribution in [0.1, 0.15) is 32.1 Å². The first-order chi connectivity index (χ1) is 6.90. The van der Waals surface area contributed by atoms with Crippen LogP contribution in [0.5, 0.6) is 0 Å². The topological polar surface area (TPSA) is 59.6 Å². The maximum absolute atomic E-state index is 5.71. The summed E-state index contributed by atoms with van der Waals surface area (Å²) < 4.78 is 5.71. The van der Waals surface area contributed by atoms with E-state index in [1.807, 2.05) is 0 Å². The summed E-state index contributed by atoms with van der Waals surface area (Å²) in [5.41, 5.74) is 5.40. The van der Waals surface area contributed by atoms with Gasteiger partial charge in [0.25, 0.3) is 6.02 Å². The monoisotopic (exact) mass is 197 g/mol. The summed E-state index contributed by atoms with van der Waals surface area (Å²) in [4.78, 5) is 4.34. The molecule has 0 aromatic carbocycles. The third-order valence-corrected chi connectivity index (χ3v) is 2.89. The van der Waals surface area contributed by atoms with Gasteiger partial charge in [0.05, 0.1) is 6.04 Å². The molecule has 2 aliphatic rings. The van der Waals surface area contributed by atoms with E-state index in [4.69, 9.17) is 10.5 Å². The van der Waals surface area contributed by atoms with Crippen molar-refractivity contribution < 1.29 is 4.74 Å². The maximum atomic E-state index is 5.71. The van der Waals surface area contributed by atoms with Gasteiger partial charge in [-0.05, 0) is 32.2 Å². The van der Waals surface area contributed by atoms with E-state index in [2.05, 4.69) is 10.3 Å². The maximum Gasteiger partial charge on any atom is 0.285 e. The smallest absolute Gasteiger partial charge is 0.285 e. The zero-order valence-electron chi connectivity index (χ0n) is 8.54. The van der Waals surface area contributed by atoms with Crippen LogP contribution in [0.15, 0.2) is 4.99 Å². The van der Waals surface area contributed by atoms with Crippen molar-refractivity contribution in [3.8, 4) is 0 Å². The molecule has 4 heteroatoms. The fourth-order valence-corrected chi connectivity index (χ4v) is 2.09. The first-order valence-corrected chi connectivity index (χ1v) is 5.58. The fourth-order valence-electron chi connectivity index (χ4n) is 2.09. The van der Waals surface area contributed by atoms with E-state index in [-0.39, 0.29) is 0 Å². The first kappa shape index (κ1) is 9.77. The molecule has 0 amide bonds. The second kappa shape index (κ2) is 4.64. The van der Waals surface area contributed by atoms with E-state index in [0.717, 1.165) is 19.0 Å². The average molecular weight is 197 g/mol. The number of nitrogens with zero attached hydrogens (tertiary/aromatic N) is 1. The van der Waals surface area contributed by atoms with Crippen LogP contribution >= 0.6 is 0 Å². The number of aliphatic imine (C=N–C) groups is 1. The van der Waals surface area contributed by atoms with Crippen LogP contribution in [-0.2, 0) is 4.74 Å². The van der Waals surface area contributed by atoms with Crippen molar-refractivity contribution in [2.24, 2.45) is 10.7 Å². The van der Waals surface area contributed by atoms with Gasteiger partial charge in [0, 0.05) is 6.54 Å².